The molecule has 1 heterocycles. The summed E-state index contributed by atoms with van der Waals surface area (Å²) in [6.07, 6.45) is 5.42. The smallest absolute Gasteiger partial charge is 0.306 e. The molecule has 3 rings (SSSR count). The molecule has 1 aromatic heterocycles. The molecule has 3 atom stereocenters. The van der Waals surface area contributed by atoms with Gasteiger partial charge in [-0.3, -0.25) is 14.4 Å². The van der Waals surface area contributed by atoms with Crippen molar-refractivity contribution in [3.05, 3.63) is 21.9 Å². The molecule has 2 aliphatic rings. The van der Waals surface area contributed by atoms with Gasteiger partial charge in [0.05, 0.1) is 11.4 Å². The number of carbonyl (C=O) groups excluding carboxylic acids is 3. The molecular weight excluding hydrogens is 326 g/mol. The van der Waals surface area contributed by atoms with Crippen molar-refractivity contribution in [3.63, 3.8) is 0 Å². The van der Waals surface area contributed by atoms with E-state index in [4.69, 9.17) is 4.74 Å². The average molecular weight is 349 g/mol. The van der Waals surface area contributed by atoms with E-state index in [-0.39, 0.29) is 24.3 Å². The fourth-order valence-corrected chi connectivity index (χ4v) is 4.82. The van der Waals surface area contributed by atoms with Crippen LogP contribution in [0.1, 0.15) is 53.6 Å². The number of carbonyl (C=O) groups is 3. The van der Waals surface area contributed by atoms with Crippen LogP contribution in [0.3, 0.4) is 0 Å². The molecule has 24 heavy (non-hydrogen) atoms. The third-order valence-corrected chi connectivity index (χ3v) is 6.25. The zero-order valence-electron chi connectivity index (χ0n) is 13.9. The van der Waals surface area contributed by atoms with Crippen LogP contribution in [0.2, 0.25) is 0 Å². The monoisotopic (exact) mass is 349 g/mol. The third kappa shape index (κ3) is 4.23. The average Bonchev–Trinajstić information content (AvgIpc) is 3.26. The normalized spacial score (nSPS) is 24.8. The number of hydrogen-bond donors (Lipinski definition) is 1. The van der Waals surface area contributed by atoms with Gasteiger partial charge < -0.3 is 10.1 Å². The Morgan fingerprint density at radius 3 is 2.75 bits per heavy atom. The van der Waals surface area contributed by atoms with Crippen LogP contribution in [0, 0.1) is 17.8 Å². The highest BCUT2D eigenvalue weighted by atomic mass is 32.1. The van der Waals surface area contributed by atoms with Gasteiger partial charge in [0.2, 0.25) is 11.7 Å². The second-order valence-electron chi connectivity index (χ2n) is 6.90. The standard InChI is InChI=1S/C18H23NO4S/c1-11(20)19-9-15-4-5-17(24-15)16(21)10-23-18(22)8-14-7-12-2-3-13(14)6-12/h4-5,12-14H,2-3,6-10H2,1H3,(H,19,20)/t12-,13-,14+/m1/s1. The fraction of sp³-hybridized carbons (Fsp3) is 0.611. The summed E-state index contributed by atoms with van der Waals surface area (Å²) in [5.41, 5.74) is 0. The summed E-state index contributed by atoms with van der Waals surface area (Å²) in [5, 5.41) is 2.69. The molecule has 1 amide bonds. The number of amides is 1. The Labute approximate surface area is 145 Å². The first-order chi connectivity index (χ1) is 11.5. The Morgan fingerprint density at radius 2 is 2.08 bits per heavy atom. The number of ketones is 1. The summed E-state index contributed by atoms with van der Waals surface area (Å²) < 4.78 is 5.18. The first-order valence-electron chi connectivity index (χ1n) is 8.53. The van der Waals surface area contributed by atoms with Crippen LogP contribution in [-0.2, 0) is 20.9 Å². The topological polar surface area (TPSA) is 72.5 Å². The molecule has 0 spiro atoms. The van der Waals surface area contributed by atoms with Gasteiger partial charge in [-0.2, -0.15) is 0 Å². The predicted octanol–water partition coefficient (Wildman–Crippen LogP) is 2.94. The maximum Gasteiger partial charge on any atom is 0.306 e. The Kier molecular flexibility index (Phi) is 5.33. The van der Waals surface area contributed by atoms with Crippen LogP contribution in [0.4, 0.5) is 0 Å². The highest BCUT2D eigenvalue weighted by Crippen LogP contribution is 2.49. The number of esters is 1. The number of nitrogens with one attached hydrogen (secondary N) is 1. The zero-order chi connectivity index (χ0) is 17.1. The maximum atomic E-state index is 12.1. The number of hydrogen-bond acceptors (Lipinski definition) is 5. The third-order valence-electron chi connectivity index (χ3n) is 5.13. The Hall–Kier alpha value is -1.69. The molecule has 0 aromatic carbocycles. The van der Waals surface area contributed by atoms with E-state index in [0.717, 1.165) is 17.2 Å². The highest BCUT2D eigenvalue weighted by Gasteiger charge is 2.40. The molecule has 2 saturated carbocycles. The minimum atomic E-state index is -0.254. The lowest BCUT2D eigenvalue weighted by atomic mass is 9.86. The quantitative estimate of drug-likeness (QED) is 0.607. The molecular formula is C18H23NO4S. The summed E-state index contributed by atoms with van der Waals surface area (Å²) in [7, 11) is 0. The highest BCUT2D eigenvalue weighted by molar-refractivity contribution is 7.14. The number of ether oxygens (including phenoxy) is 1. The lowest BCUT2D eigenvalue weighted by Crippen LogP contribution is -2.19. The van der Waals surface area contributed by atoms with Crippen molar-refractivity contribution in [3.8, 4) is 0 Å². The van der Waals surface area contributed by atoms with E-state index in [1.807, 2.05) is 6.07 Å². The minimum absolute atomic E-state index is 0.106. The summed E-state index contributed by atoms with van der Waals surface area (Å²) >= 11 is 1.32. The van der Waals surface area contributed by atoms with Gasteiger partial charge in [-0.15, -0.1) is 11.3 Å². The van der Waals surface area contributed by atoms with Crippen LogP contribution in [0.25, 0.3) is 0 Å². The SMILES string of the molecule is CC(=O)NCc1ccc(C(=O)COC(=O)C[C@@H]2C[C@@H]3CC[C@@H]2C3)s1. The predicted molar refractivity (Wildman–Crippen MR) is 90.7 cm³/mol. The zero-order valence-corrected chi connectivity index (χ0v) is 14.7. The molecule has 6 heteroatoms. The number of thiophene rings is 1. The van der Waals surface area contributed by atoms with Gasteiger partial charge in [-0.05, 0) is 49.1 Å². The van der Waals surface area contributed by atoms with Gasteiger partial charge in [0.25, 0.3) is 0 Å². The summed E-state index contributed by atoms with van der Waals surface area (Å²) in [6.45, 7) is 1.67. The Morgan fingerprint density at radius 1 is 1.25 bits per heavy atom. The molecule has 0 aliphatic heterocycles. The van der Waals surface area contributed by atoms with Crippen molar-refractivity contribution < 1.29 is 19.1 Å². The molecule has 2 bridgehead atoms. The number of rotatable bonds is 7. The van der Waals surface area contributed by atoms with Crippen LogP contribution in [0.5, 0.6) is 0 Å². The van der Waals surface area contributed by atoms with Crippen molar-refractivity contribution in [2.24, 2.45) is 17.8 Å². The van der Waals surface area contributed by atoms with Crippen molar-refractivity contribution in [1.82, 2.24) is 5.32 Å². The maximum absolute atomic E-state index is 12.1. The molecule has 1 N–H and O–H groups in total. The lowest BCUT2D eigenvalue weighted by Gasteiger charge is -2.20. The molecule has 0 unspecified atom stereocenters. The second kappa shape index (κ2) is 7.47. The number of Topliss-reactive ketones (excluding diaryl/α,β-unsaturated/α-hetero) is 1. The summed E-state index contributed by atoms with van der Waals surface area (Å²) in [4.78, 5) is 36.4. The van der Waals surface area contributed by atoms with Crippen LogP contribution in [0.15, 0.2) is 12.1 Å². The minimum Gasteiger partial charge on any atom is -0.457 e. The van der Waals surface area contributed by atoms with E-state index in [1.54, 1.807) is 6.07 Å². The van der Waals surface area contributed by atoms with Gasteiger partial charge in [-0.25, -0.2) is 0 Å². The van der Waals surface area contributed by atoms with E-state index >= 15 is 0 Å². The molecule has 0 radical (unpaired) electrons. The summed E-state index contributed by atoms with van der Waals surface area (Å²) in [6, 6.07) is 3.53. The van der Waals surface area contributed by atoms with Crippen LogP contribution in [-0.4, -0.2) is 24.3 Å². The Bertz CT molecular complexity index is 639. The molecule has 2 fully saturated rings. The van der Waals surface area contributed by atoms with Crippen molar-refractivity contribution >= 4 is 29.0 Å². The Balaban J connectivity index is 1.41. The van der Waals surface area contributed by atoms with E-state index < -0.39 is 0 Å². The number of fused-ring (bicyclic) bond motifs is 2. The van der Waals surface area contributed by atoms with Crippen molar-refractivity contribution in [1.29, 1.82) is 0 Å². The molecule has 5 nitrogen and oxygen atoms in total. The van der Waals surface area contributed by atoms with Gasteiger partial charge in [0, 0.05) is 18.2 Å². The van der Waals surface area contributed by atoms with E-state index in [0.29, 0.717) is 29.7 Å². The first-order valence-corrected chi connectivity index (χ1v) is 9.35. The molecule has 130 valence electrons. The van der Waals surface area contributed by atoms with E-state index in [9.17, 15) is 14.4 Å². The lowest BCUT2D eigenvalue weighted by molar-refractivity contribution is -0.144. The van der Waals surface area contributed by atoms with E-state index in [1.165, 1.54) is 37.5 Å². The summed E-state index contributed by atoms with van der Waals surface area (Å²) in [5.74, 6) is 1.41. The van der Waals surface area contributed by atoms with Crippen LogP contribution < -0.4 is 5.32 Å². The largest absolute Gasteiger partial charge is 0.457 e. The first kappa shape index (κ1) is 17.1. The van der Waals surface area contributed by atoms with Crippen LogP contribution >= 0.6 is 11.3 Å². The molecule has 2 aliphatic carbocycles. The molecule has 1 aromatic rings. The van der Waals surface area contributed by atoms with Gasteiger partial charge in [0.15, 0.2) is 6.61 Å². The van der Waals surface area contributed by atoms with Crippen molar-refractivity contribution in [2.45, 2.75) is 45.6 Å². The second-order valence-corrected chi connectivity index (χ2v) is 8.07. The van der Waals surface area contributed by atoms with Crippen molar-refractivity contribution in [2.75, 3.05) is 6.61 Å². The van der Waals surface area contributed by atoms with Gasteiger partial charge in [0.1, 0.15) is 0 Å². The van der Waals surface area contributed by atoms with Gasteiger partial charge in [-0.1, -0.05) is 6.42 Å². The van der Waals surface area contributed by atoms with Gasteiger partial charge >= 0.3 is 5.97 Å². The molecule has 0 saturated heterocycles. The fourth-order valence-electron chi connectivity index (χ4n) is 3.95. The van der Waals surface area contributed by atoms with E-state index in [2.05, 4.69) is 5.32 Å².